The Hall–Kier alpha value is -1.81. The molecule has 1 aromatic carbocycles. The Labute approximate surface area is 106 Å². The zero-order valence-electron chi connectivity index (χ0n) is 10.6. The van der Waals surface area contributed by atoms with Crippen LogP contribution in [-0.2, 0) is 0 Å². The molecule has 0 unspecified atom stereocenters. The van der Waals surface area contributed by atoms with E-state index in [1.165, 1.54) is 6.26 Å². The highest BCUT2D eigenvalue weighted by Gasteiger charge is 2.21. The lowest BCUT2D eigenvalue weighted by Gasteiger charge is -2.25. The molecule has 4 nitrogen and oxygen atoms in total. The van der Waals surface area contributed by atoms with Crippen molar-refractivity contribution < 1.29 is 14.3 Å². The molecule has 0 saturated carbocycles. The molecule has 1 amide bonds. The molecule has 0 saturated heterocycles. The van der Waals surface area contributed by atoms with Crippen LogP contribution in [0.2, 0.25) is 0 Å². The monoisotopic (exact) mass is 247 g/mol. The van der Waals surface area contributed by atoms with Gasteiger partial charge in [-0.25, -0.2) is 0 Å². The first-order chi connectivity index (χ1) is 8.65. The van der Waals surface area contributed by atoms with E-state index < -0.39 is 0 Å². The van der Waals surface area contributed by atoms with Gasteiger partial charge in [-0.3, -0.25) is 4.79 Å². The minimum Gasteiger partial charge on any atom is -0.463 e. The lowest BCUT2D eigenvalue weighted by atomic mass is 10.1. The number of rotatable bonds is 4. The van der Waals surface area contributed by atoms with E-state index in [0.29, 0.717) is 17.7 Å². The van der Waals surface area contributed by atoms with Crippen LogP contribution in [-0.4, -0.2) is 35.1 Å². The van der Waals surface area contributed by atoms with Crippen molar-refractivity contribution in [1.29, 1.82) is 0 Å². The Morgan fingerprint density at radius 1 is 1.39 bits per heavy atom. The molecule has 0 aliphatic rings. The predicted molar refractivity (Wildman–Crippen MR) is 69.5 cm³/mol. The van der Waals surface area contributed by atoms with Crippen LogP contribution >= 0.6 is 0 Å². The summed E-state index contributed by atoms with van der Waals surface area (Å²) in [4.78, 5) is 14.0. The lowest BCUT2D eigenvalue weighted by Crippen LogP contribution is -2.38. The number of aliphatic hydroxyl groups excluding tert-OH is 1. The molecule has 0 fully saturated rings. The van der Waals surface area contributed by atoms with Crippen LogP contribution in [0.1, 0.15) is 24.2 Å². The zero-order chi connectivity index (χ0) is 13.1. The Morgan fingerprint density at radius 3 is 2.78 bits per heavy atom. The molecule has 96 valence electrons. The van der Waals surface area contributed by atoms with E-state index in [2.05, 4.69) is 0 Å². The number of aliphatic hydroxyl groups is 1. The summed E-state index contributed by atoms with van der Waals surface area (Å²) in [7, 11) is 0. The van der Waals surface area contributed by atoms with Gasteiger partial charge in [-0.15, -0.1) is 0 Å². The number of hydrogen-bond donors (Lipinski definition) is 1. The maximum Gasteiger partial charge on any atom is 0.258 e. The highest BCUT2D eigenvalue weighted by Crippen LogP contribution is 2.22. The number of furan rings is 1. The van der Waals surface area contributed by atoms with Gasteiger partial charge in [0.25, 0.3) is 5.91 Å². The van der Waals surface area contributed by atoms with Crippen molar-refractivity contribution in [2.45, 2.75) is 19.9 Å². The molecule has 0 aliphatic carbocycles. The minimum absolute atomic E-state index is 0.0401. The van der Waals surface area contributed by atoms with E-state index in [9.17, 15) is 4.79 Å². The molecule has 0 spiro atoms. The Morgan fingerprint density at radius 2 is 2.11 bits per heavy atom. The number of amides is 1. The Bertz CT molecular complexity index is 545. The molecule has 1 aromatic heterocycles. The third-order valence-corrected chi connectivity index (χ3v) is 2.94. The van der Waals surface area contributed by atoms with Gasteiger partial charge in [0.2, 0.25) is 0 Å². The number of nitrogens with zero attached hydrogens (tertiary/aromatic N) is 1. The van der Waals surface area contributed by atoms with E-state index in [-0.39, 0.29) is 18.6 Å². The van der Waals surface area contributed by atoms with Crippen molar-refractivity contribution in [3.8, 4) is 0 Å². The fourth-order valence-electron chi connectivity index (χ4n) is 2.00. The molecule has 0 aliphatic heterocycles. The standard InChI is InChI=1S/C14H17NO3/c1-10(2)15(7-8-16)14(17)12-9-18-13-6-4-3-5-11(12)13/h3-6,9-10,16H,7-8H2,1-2H3. The van der Waals surface area contributed by atoms with Crippen LogP contribution in [0, 0.1) is 0 Å². The second-order valence-electron chi connectivity index (χ2n) is 4.46. The smallest absolute Gasteiger partial charge is 0.258 e. The summed E-state index contributed by atoms with van der Waals surface area (Å²) in [5.74, 6) is -0.107. The van der Waals surface area contributed by atoms with Crippen molar-refractivity contribution in [3.63, 3.8) is 0 Å². The fourth-order valence-corrected chi connectivity index (χ4v) is 2.00. The van der Waals surface area contributed by atoms with Crippen LogP contribution in [0.25, 0.3) is 11.0 Å². The van der Waals surface area contributed by atoms with E-state index in [1.807, 2.05) is 38.1 Å². The molecule has 1 heterocycles. The maximum atomic E-state index is 12.4. The van der Waals surface area contributed by atoms with E-state index in [4.69, 9.17) is 9.52 Å². The van der Waals surface area contributed by atoms with Crippen LogP contribution in [0.3, 0.4) is 0 Å². The summed E-state index contributed by atoms with van der Waals surface area (Å²) < 4.78 is 5.37. The SMILES string of the molecule is CC(C)N(CCO)C(=O)c1coc2ccccc12. The van der Waals surface area contributed by atoms with Crippen molar-refractivity contribution in [3.05, 3.63) is 36.1 Å². The molecule has 1 N–H and O–H groups in total. The molecule has 0 bridgehead atoms. The topological polar surface area (TPSA) is 53.7 Å². The highest BCUT2D eigenvalue weighted by atomic mass is 16.3. The van der Waals surface area contributed by atoms with Gasteiger partial charge in [0, 0.05) is 18.0 Å². The van der Waals surface area contributed by atoms with Crippen molar-refractivity contribution >= 4 is 16.9 Å². The zero-order valence-corrected chi connectivity index (χ0v) is 10.6. The first-order valence-corrected chi connectivity index (χ1v) is 6.03. The predicted octanol–water partition coefficient (Wildman–Crippen LogP) is 2.28. The average molecular weight is 247 g/mol. The summed E-state index contributed by atoms with van der Waals surface area (Å²) in [5.41, 5.74) is 1.25. The van der Waals surface area contributed by atoms with Gasteiger partial charge >= 0.3 is 0 Å². The number of carbonyl (C=O) groups is 1. The molecule has 18 heavy (non-hydrogen) atoms. The largest absolute Gasteiger partial charge is 0.463 e. The van der Waals surface area contributed by atoms with Crippen molar-refractivity contribution in [2.75, 3.05) is 13.2 Å². The maximum absolute atomic E-state index is 12.4. The van der Waals surface area contributed by atoms with Gasteiger partial charge in [0.05, 0.1) is 12.2 Å². The molecule has 0 atom stereocenters. The first kappa shape index (κ1) is 12.6. The highest BCUT2D eigenvalue weighted by molar-refractivity contribution is 6.05. The second-order valence-corrected chi connectivity index (χ2v) is 4.46. The van der Waals surface area contributed by atoms with Crippen molar-refractivity contribution in [2.24, 2.45) is 0 Å². The van der Waals surface area contributed by atoms with Gasteiger partial charge in [0.1, 0.15) is 11.8 Å². The van der Waals surface area contributed by atoms with Crippen LogP contribution in [0.15, 0.2) is 34.9 Å². The molecular weight excluding hydrogens is 230 g/mol. The van der Waals surface area contributed by atoms with Crippen LogP contribution < -0.4 is 0 Å². The molecule has 4 heteroatoms. The van der Waals surface area contributed by atoms with Crippen LogP contribution in [0.5, 0.6) is 0 Å². The summed E-state index contributed by atoms with van der Waals surface area (Å²) in [6, 6.07) is 7.48. The number of carbonyl (C=O) groups excluding carboxylic acids is 1. The molecule has 2 rings (SSSR count). The molecular formula is C14H17NO3. The summed E-state index contributed by atoms with van der Waals surface area (Å²) >= 11 is 0. The van der Waals surface area contributed by atoms with Gasteiger partial charge in [-0.1, -0.05) is 18.2 Å². The Balaban J connectivity index is 2.38. The normalized spacial score (nSPS) is 11.1. The number of hydrogen-bond acceptors (Lipinski definition) is 3. The lowest BCUT2D eigenvalue weighted by molar-refractivity contribution is 0.0666. The second kappa shape index (κ2) is 5.23. The Kier molecular flexibility index (Phi) is 3.67. The summed E-state index contributed by atoms with van der Waals surface area (Å²) in [5, 5.41) is 9.84. The first-order valence-electron chi connectivity index (χ1n) is 6.03. The molecule has 0 radical (unpaired) electrons. The van der Waals surface area contributed by atoms with Gasteiger partial charge in [-0.2, -0.15) is 0 Å². The molecule has 2 aromatic rings. The van der Waals surface area contributed by atoms with Crippen molar-refractivity contribution in [1.82, 2.24) is 4.90 Å². The number of para-hydroxylation sites is 1. The van der Waals surface area contributed by atoms with Gasteiger partial charge < -0.3 is 14.4 Å². The third-order valence-electron chi connectivity index (χ3n) is 2.94. The van der Waals surface area contributed by atoms with Gasteiger partial charge in [0.15, 0.2) is 0 Å². The quantitative estimate of drug-likeness (QED) is 0.901. The number of benzene rings is 1. The summed E-state index contributed by atoms with van der Waals surface area (Å²) in [6.07, 6.45) is 1.49. The number of fused-ring (bicyclic) bond motifs is 1. The fraction of sp³-hybridized carbons (Fsp3) is 0.357. The van der Waals surface area contributed by atoms with Gasteiger partial charge in [-0.05, 0) is 19.9 Å². The average Bonchev–Trinajstić information content (AvgIpc) is 2.78. The third kappa shape index (κ3) is 2.24. The summed E-state index contributed by atoms with van der Waals surface area (Å²) in [6.45, 7) is 4.14. The minimum atomic E-state index is -0.107. The van der Waals surface area contributed by atoms with E-state index in [1.54, 1.807) is 4.90 Å². The van der Waals surface area contributed by atoms with E-state index in [0.717, 1.165) is 5.39 Å². The van der Waals surface area contributed by atoms with Crippen LogP contribution in [0.4, 0.5) is 0 Å². The van der Waals surface area contributed by atoms with E-state index >= 15 is 0 Å².